The van der Waals surface area contributed by atoms with Crippen LogP contribution >= 0.6 is 15.9 Å². The maximum Gasteiger partial charge on any atom is 0.410 e. The van der Waals surface area contributed by atoms with Crippen LogP contribution in [0.4, 0.5) is 4.79 Å². The summed E-state index contributed by atoms with van der Waals surface area (Å²) in [7, 11) is 0. The van der Waals surface area contributed by atoms with Crippen LogP contribution in [0.25, 0.3) is 11.0 Å². The van der Waals surface area contributed by atoms with E-state index in [0.29, 0.717) is 13.1 Å². The van der Waals surface area contributed by atoms with Crippen LogP contribution in [0.2, 0.25) is 0 Å². The summed E-state index contributed by atoms with van der Waals surface area (Å²) in [6, 6.07) is 6.04. The number of hydrogen-bond donors (Lipinski definition) is 0. The van der Waals surface area contributed by atoms with Crippen molar-refractivity contribution in [1.29, 1.82) is 0 Å². The van der Waals surface area contributed by atoms with E-state index in [0.717, 1.165) is 21.9 Å². The molecule has 0 saturated carbocycles. The number of benzene rings is 1. The van der Waals surface area contributed by atoms with Gasteiger partial charge in [-0.2, -0.15) is 0 Å². The molecule has 0 bridgehead atoms. The number of halogens is 1. The Balaban J connectivity index is 1.77. The number of amides is 1. The number of hydrogen-bond acceptors (Lipinski definition) is 4. The molecule has 22 heavy (non-hydrogen) atoms. The average Bonchev–Trinajstić information content (AvgIpc) is 3.03. The van der Waals surface area contributed by atoms with Crippen LogP contribution in [0.15, 0.2) is 22.7 Å². The standard InChI is InChI=1S/C15H19BrN4O2/c1-15(2,3)22-14(21)19-8-7-10(9-19)20-12-6-4-5-11(16)13(12)17-18-20/h4-6,10H,7-9H2,1-3H3. The molecule has 1 aromatic carbocycles. The molecule has 1 saturated heterocycles. The van der Waals surface area contributed by atoms with Crippen LogP contribution in [0.5, 0.6) is 0 Å². The molecule has 1 aliphatic rings. The maximum absolute atomic E-state index is 12.1. The highest BCUT2D eigenvalue weighted by atomic mass is 79.9. The first kappa shape index (κ1) is 15.3. The Morgan fingerprint density at radius 2 is 2.18 bits per heavy atom. The molecule has 0 spiro atoms. The van der Waals surface area contributed by atoms with Crippen molar-refractivity contribution in [2.45, 2.75) is 38.8 Å². The molecule has 6 nitrogen and oxygen atoms in total. The minimum atomic E-state index is -0.472. The van der Waals surface area contributed by atoms with Gasteiger partial charge in [-0.3, -0.25) is 0 Å². The lowest BCUT2D eigenvalue weighted by atomic mass is 10.2. The van der Waals surface area contributed by atoms with Crippen molar-refractivity contribution in [1.82, 2.24) is 19.9 Å². The Bertz CT molecular complexity index is 707. The van der Waals surface area contributed by atoms with E-state index < -0.39 is 5.60 Å². The van der Waals surface area contributed by atoms with Gasteiger partial charge in [-0.25, -0.2) is 9.48 Å². The van der Waals surface area contributed by atoms with Crippen molar-refractivity contribution in [3.63, 3.8) is 0 Å². The third-order valence-electron chi connectivity index (χ3n) is 3.61. The van der Waals surface area contributed by atoms with Crippen LogP contribution in [-0.4, -0.2) is 44.7 Å². The number of carbonyl (C=O) groups is 1. The van der Waals surface area contributed by atoms with Crippen LogP contribution in [0, 0.1) is 0 Å². The van der Waals surface area contributed by atoms with E-state index in [9.17, 15) is 4.79 Å². The molecule has 1 aromatic heterocycles. The maximum atomic E-state index is 12.1. The SMILES string of the molecule is CC(C)(C)OC(=O)N1CCC(n2nnc3c(Br)cccc32)C1. The molecule has 1 unspecified atom stereocenters. The molecule has 118 valence electrons. The average molecular weight is 367 g/mol. The van der Waals surface area contributed by atoms with Crippen molar-refractivity contribution in [3.8, 4) is 0 Å². The molecular weight excluding hydrogens is 348 g/mol. The van der Waals surface area contributed by atoms with Crippen molar-refractivity contribution in [2.24, 2.45) is 0 Å². The summed E-state index contributed by atoms with van der Waals surface area (Å²) in [5.74, 6) is 0. The normalized spacial score (nSPS) is 18.9. The topological polar surface area (TPSA) is 60.2 Å². The molecular formula is C15H19BrN4O2. The molecule has 1 fully saturated rings. The molecule has 1 amide bonds. The van der Waals surface area contributed by atoms with E-state index in [-0.39, 0.29) is 12.1 Å². The lowest BCUT2D eigenvalue weighted by Crippen LogP contribution is -2.35. The Morgan fingerprint density at radius 3 is 2.91 bits per heavy atom. The number of likely N-dealkylation sites (tertiary alicyclic amines) is 1. The molecule has 1 atom stereocenters. The summed E-state index contributed by atoms with van der Waals surface area (Å²) >= 11 is 3.49. The van der Waals surface area contributed by atoms with Crippen molar-refractivity contribution < 1.29 is 9.53 Å². The van der Waals surface area contributed by atoms with E-state index in [1.807, 2.05) is 43.7 Å². The van der Waals surface area contributed by atoms with Gasteiger partial charge in [-0.05, 0) is 55.3 Å². The highest BCUT2D eigenvalue weighted by molar-refractivity contribution is 9.10. The van der Waals surface area contributed by atoms with Crippen LogP contribution in [0.3, 0.4) is 0 Å². The number of nitrogens with zero attached hydrogens (tertiary/aromatic N) is 4. The van der Waals surface area contributed by atoms with E-state index in [1.54, 1.807) is 4.90 Å². The van der Waals surface area contributed by atoms with E-state index in [4.69, 9.17) is 4.74 Å². The Morgan fingerprint density at radius 1 is 1.41 bits per heavy atom. The van der Waals surface area contributed by atoms with Crippen molar-refractivity contribution >= 4 is 33.1 Å². The van der Waals surface area contributed by atoms with Gasteiger partial charge in [0.05, 0.1) is 11.6 Å². The molecule has 3 rings (SSSR count). The van der Waals surface area contributed by atoms with E-state index in [1.165, 1.54) is 0 Å². The zero-order valence-electron chi connectivity index (χ0n) is 12.9. The number of fused-ring (bicyclic) bond motifs is 1. The van der Waals surface area contributed by atoms with Gasteiger partial charge in [0.2, 0.25) is 0 Å². The molecule has 2 aromatic rings. The highest BCUT2D eigenvalue weighted by Gasteiger charge is 2.32. The Hall–Kier alpha value is -1.63. The summed E-state index contributed by atoms with van der Waals surface area (Å²) in [5, 5.41) is 8.49. The monoisotopic (exact) mass is 366 g/mol. The quantitative estimate of drug-likeness (QED) is 0.775. The van der Waals surface area contributed by atoms with Gasteiger partial charge in [0.15, 0.2) is 0 Å². The third-order valence-corrected chi connectivity index (χ3v) is 4.25. The first-order valence-corrected chi connectivity index (χ1v) is 8.12. The van der Waals surface area contributed by atoms with Gasteiger partial charge >= 0.3 is 6.09 Å². The number of carbonyl (C=O) groups excluding carboxylic acids is 1. The van der Waals surface area contributed by atoms with Crippen LogP contribution in [-0.2, 0) is 4.74 Å². The smallest absolute Gasteiger partial charge is 0.410 e. The fraction of sp³-hybridized carbons (Fsp3) is 0.533. The summed E-state index contributed by atoms with van der Waals surface area (Å²) in [6.07, 6.45) is 0.588. The molecule has 0 radical (unpaired) electrons. The zero-order valence-corrected chi connectivity index (χ0v) is 14.5. The Labute approximate surface area is 137 Å². The third kappa shape index (κ3) is 2.95. The predicted molar refractivity (Wildman–Crippen MR) is 86.7 cm³/mol. The first-order valence-electron chi connectivity index (χ1n) is 7.32. The van der Waals surface area contributed by atoms with Gasteiger partial charge in [0.1, 0.15) is 11.1 Å². The lowest BCUT2D eigenvalue weighted by Gasteiger charge is -2.24. The second-order valence-corrected chi connectivity index (χ2v) is 7.36. The summed E-state index contributed by atoms with van der Waals surface area (Å²) in [6.45, 7) is 6.90. The predicted octanol–water partition coefficient (Wildman–Crippen LogP) is 3.38. The van der Waals surface area contributed by atoms with Gasteiger partial charge in [-0.15, -0.1) is 5.10 Å². The fourth-order valence-corrected chi connectivity index (χ4v) is 3.07. The van der Waals surface area contributed by atoms with Gasteiger partial charge in [0, 0.05) is 17.6 Å². The van der Waals surface area contributed by atoms with Crippen molar-refractivity contribution in [2.75, 3.05) is 13.1 Å². The molecule has 2 heterocycles. The summed E-state index contributed by atoms with van der Waals surface area (Å²) in [4.78, 5) is 13.9. The largest absolute Gasteiger partial charge is 0.444 e. The number of aromatic nitrogens is 3. The molecule has 1 aliphatic heterocycles. The molecule has 0 N–H and O–H groups in total. The van der Waals surface area contributed by atoms with Gasteiger partial charge in [-0.1, -0.05) is 11.3 Å². The van der Waals surface area contributed by atoms with Crippen LogP contribution in [0.1, 0.15) is 33.2 Å². The highest BCUT2D eigenvalue weighted by Crippen LogP contribution is 2.28. The Kier molecular flexibility index (Phi) is 3.84. The van der Waals surface area contributed by atoms with Gasteiger partial charge in [0.25, 0.3) is 0 Å². The van der Waals surface area contributed by atoms with Crippen molar-refractivity contribution in [3.05, 3.63) is 22.7 Å². The lowest BCUT2D eigenvalue weighted by molar-refractivity contribution is 0.0288. The summed E-state index contributed by atoms with van der Waals surface area (Å²) in [5.41, 5.74) is 1.35. The van der Waals surface area contributed by atoms with Crippen LogP contribution < -0.4 is 0 Å². The van der Waals surface area contributed by atoms with E-state index in [2.05, 4.69) is 26.2 Å². The molecule has 7 heteroatoms. The number of ether oxygens (including phenoxy) is 1. The summed E-state index contributed by atoms with van der Waals surface area (Å²) < 4.78 is 8.26. The minimum Gasteiger partial charge on any atom is -0.444 e. The zero-order chi connectivity index (χ0) is 15.9. The molecule has 0 aliphatic carbocycles. The van der Waals surface area contributed by atoms with E-state index >= 15 is 0 Å². The fourth-order valence-electron chi connectivity index (χ4n) is 2.63. The minimum absolute atomic E-state index is 0.131. The number of rotatable bonds is 1. The van der Waals surface area contributed by atoms with Gasteiger partial charge < -0.3 is 9.64 Å². The first-order chi connectivity index (χ1) is 10.3. The second-order valence-electron chi connectivity index (χ2n) is 6.51. The second kappa shape index (κ2) is 5.53.